The molecule has 1 fully saturated rings. The van der Waals surface area contributed by atoms with E-state index in [0.717, 1.165) is 4.90 Å². The molecule has 9 heteroatoms. The molecule has 1 unspecified atom stereocenters. The fourth-order valence-corrected chi connectivity index (χ4v) is 2.13. The fourth-order valence-electron chi connectivity index (χ4n) is 1.86. The Morgan fingerprint density at radius 3 is 2.60 bits per heavy atom. The van der Waals surface area contributed by atoms with Crippen molar-refractivity contribution in [1.82, 2.24) is 4.98 Å². The van der Waals surface area contributed by atoms with Gasteiger partial charge in [0.25, 0.3) is 0 Å². The molecule has 0 spiro atoms. The van der Waals surface area contributed by atoms with Gasteiger partial charge in [0.15, 0.2) is 5.82 Å². The van der Waals surface area contributed by atoms with Crippen LogP contribution in [0.1, 0.15) is 12.0 Å². The van der Waals surface area contributed by atoms with Crippen molar-refractivity contribution in [2.45, 2.75) is 12.6 Å². The van der Waals surface area contributed by atoms with E-state index in [1.807, 2.05) is 0 Å². The Kier molecular flexibility index (Phi) is 3.59. The molecule has 1 aliphatic rings. The van der Waals surface area contributed by atoms with Crippen LogP contribution in [0, 0.1) is 5.92 Å². The second-order valence-corrected chi connectivity index (χ2v) is 4.68. The summed E-state index contributed by atoms with van der Waals surface area (Å²) in [5.41, 5.74) is -1.03. The average Bonchev–Trinajstić information content (AvgIpc) is 2.70. The van der Waals surface area contributed by atoms with Crippen LogP contribution in [0.15, 0.2) is 12.3 Å². The summed E-state index contributed by atoms with van der Waals surface area (Å²) < 4.78 is 37.4. The van der Waals surface area contributed by atoms with Crippen LogP contribution in [-0.2, 0) is 15.8 Å². The number of nitrogens with zero attached hydrogens (tertiary/aromatic N) is 2. The number of hydrogen-bond donors (Lipinski definition) is 1. The Morgan fingerprint density at radius 1 is 1.50 bits per heavy atom. The summed E-state index contributed by atoms with van der Waals surface area (Å²) >= 11 is 5.70. The first-order valence-corrected chi connectivity index (χ1v) is 5.84. The molecule has 0 bridgehead atoms. The van der Waals surface area contributed by atoms with Gasteiger partial charge in [0, 0.05) is 19.2 Å². The highest BCUT2D eigenvalue weighted by molar-refractivity contribution is 6.33. The minimum Gasteiger partial charge on any atom is -0.481 e. The van der Waals surface area contributed by atoms with E-state index < -0.39 is 29.5 Å². The van der Waals surface area contributed by atoms with Gasteiger partial charge < -0.3 is 5.11 Å². The van der Waals surface area contributed by atoms with Gasteiger partial charge in [0.2, 0.25) is 5.91 Å². The Hall–Kier alpha value is -1.83. The molecule has 0 radical (unpaired) electrons. The third-order valence-corrected chi connectivity index (χ3v) is 3.16. The van der Waals surface area contributed by atoms with Gasteiger partial charge in [-0.05, 0) is 6.07 Å². The molecule has 2 heterocycles. The topological polar surface area (TPSA) is 70.5 Å². The van der Waals surface area contributed by atoms with Crippen LogP contribution >= 0.6 is 11.6 Å². The predicted molar refractivity (Wildman–Crippen MR) is 62.3 cm³/mol. The number of halogens is 4. The monoisotopic (exact) mass is 308 g/mol. The van der Waals surface area contributed by atoms with E-state index in [2.05, 4.69) is 4.98 Å². The number of aliphatic carboxylic acids is 1. The zero-order chi connectivity index (χ0) is 15.1. The van der Waals surface area contributed by atoms with Crippen LogP contribution in [0.2, 0.25) is 5.02 Å². The number of anilines is 1. The summed E-state index contributed by atoms with van der Waals surface area (Å²) in [5.74, 6) is -2.76. The normalized spacial score (nSPS) is 19.5. The molecule has 1 amide bonds. The van der Waals surface area contributed by atoms with Crippen molar-refractivity contribution in [1.29, 1.82) is 0 Å². The van der Waals surface area contributed by atoms with Crippen LogP contribution in [0.5, 0.6) is 0 Å². The molecule has 2 rings (SSSR count). The Labute approximate surface area is 116 Å². The number of rotatable bonds is 2. The van der Waals surface area contributed by atoms with Gasteiger partial charge in [0.05, 0.1) is 16.5 Å². The van der Waals surface area contributed by atoms with Crippen molar-refractivity contribution < 1.29 is 27.9 Å². The molecule has 1 N–H and O–H groups in total. The number of hydrogen-bond acceptors (Lipinski definition) is 3. The molecule has 1 aromatic heterocycles. The maximum absolute atomic E-state index is 12.5. The van der Waals surface area contributed by atoms with E-state index >= 15 is 0 Å². The molecule has 1 saturated heterocycles. The number of pyridine rings is 1. The van der Waals surface area contributed by atoms with Gasteiger partial charge in [-0.2, -0.15) is 13.2 Å². The second kappa shape index (κ2) is 4.93. The van der Waals surface area contributed by atoms with E-state index in [-0.39, 0.29) is 23.8 Å². The van der Waals surface area contributed by atoms with Gasteiger partial charge in [0.1, 0.15) is 0 Å². The lowest BCUT2D eigenvalue weighted by Crippen LogP contribution is -2.27. The molecule has 20 heavy (non-hydrogen) atoms. The van der Waals surface area contributed by atoms with E-state index in [0.29, 0.717) is 12.3 Å². The predicted octanol–water partition coefficient (Wildman–Crippen LogP) is 2.19. The molecule has 1 aromatic rings. The van der Waals surface area contributed by atoms with Gasteiger partial charge >= 0.3 is 12.1 Å². The van der Waals surface area contributed by atoms with Crippen LogP contribution in [0.25, 0.3) is 0 Å². The highest BCUT2D eigenvalue weighted by Crippen LogP contribution is 2.35. The fraction of sp³-hybridized carbons (Fsp3) is 0.364. The summed E-state index contributed by atoms with van der Waals surface area (Å²) in [4.78, 5) is 27.0. The van der Waals surface area contributed by atoms with Crippen LogP contribution in [0.3, 0.4) is 0 Å². The first-order chi connectivity index (χ1) is 9.20. The molecule has 5 nitrogen and oxygen atoms in total. The maximum atomic E-state index is 12.5. The molecule has 1 aliphatic heterocycles. The molecule has 0 saturated carbocycles. The molecular weight excluding hydrogens is 301 g/mol. The van der Waals surface area contributed by atoms with Gasteiger partial charge in [-0.25, -0.2) is 4.98 Å². The van der Waals surface area contributed by atoms with Crippen molar-refractivity contribution in [3.05, 3.63) is 22.8 Å². The standard InChI is InChI=1S/C11H8ClF3N2O3/c12-7-2-6(11(13,14)15)3-16-9(7)17-4-5(10(19)20)1-8(17)18/h2-3,5H,1,4H2,(H,19,20). The summed E-state index contributed by atoms with van der Waals surface area (Å²) in [7, 11) is 0. The molecule has 1 atom stereocenters. The number of carboxylic acid groups (broad SMARTS) is 1. The van der Waals surface area contributed by atoms with Gasteiger partial charge in [-0.3, -0.25) is 14.5 Å². The number of amides is 1. The molecule has 0 aromatic carbocycles. The van der Waals surface area contributed by atoms with Crippen molar-refractivity contribution in [2.24, 2.45) is 5.92 Å². The maximum Gasteiger partial charge on any atom is 0.417 e. The molecular formula is C11H8ClF3N2O3. The lowest BCUT2D eigenvalue weighted by molar-refractivity contribution is -0.141. The summed E-state index contributed by atoms with van der Waals surface area (Å²) in [6.45, 7) is -0.160. The van der Waals surface area contributed by atoms with Gasteiger partial charge in [-0.1, -0.05) is 11.6 Å². The third kappa shape index (κ3) is 2.69. The average molecular weight is 309 g/mol. The second-order valence-electron chi connectivity index (χ2n) is 4.27. The SMILES string of the molecule is O=C(O)C1CC(=O)N(c2ncc(C(F)(F)F)cc2Cl)C1. The first kappa shape index (κ1) is 14.6. The first-order valence-electron chi connectivity index (χ1n) is 5.46. The number of carbonyl (C=O) groups is 2. The van der Waals surface area contributed by atoms with Crippen LogP contribution in [-0.4, -0.2) is 28.5 Å². The van der Waals surface area contributed by atoms with E-state index in [1.165, 1.54) is 0 Å². The summed E-state index contributed by atoms with van der Waals surface area (Å²) in [6, 6.07) is 0.658. The van der Waals surface area contributed by atoms with Crippen LogP contribution in [0.4, 0.5) is 19.0 Å². The lowest BCUT2D eigenvalue weighted by Gasteiger charge is -2.17. The lowest BCUT2D eigenvalue weighted by atomic mass is 10.1. The number of carbonyl (C=O) groups excluding carboxylic acids is 1. The molecule has 108 valence electrons. The summed E-state index contributed by atoms with van der Waals surface area (Å²) in [5, 5.41) is 8.49. The quantitative estimate of drug-likeness (QED) is 0.909. The highest BCUT2D eigenvalue weighted by atomic mass is 35.5. The highest BCUT2D eigenvalue weighted by Gasteiger charge is 2.38. The van der Waals surface area contributed by atoms with Crippen molar-refractivity contribution in [3.63, 3.8) is 0 Å². The van der Waals surface area contributed by atoms with E-state index in [4.69, 9.17) is 16.7 Å². The van der Waals surface area contributed by atoms with Crippen molar-refractivity contribution in [2.75, 3.05) is 11.4 Å². The largest absolute Gasteiger partial charge is 0.481 e. The van der Waals surface area contributed by atoms with Crippen LogP contribution < -0.4 is 4.90 Å². The third-order valence-electron chi connectivity index (χ3n) is 2.88. The minimum atomic E-state index is -4.59. The minimum absolute atomic E-state index is 0.159. The number of alkyl halides is 3. The van der Waals surface area contributed by atoms with Crippen molar-refractivity contribution >= 4 is 29.3 Å². The zero-order valence-corrected chi connectivity index (χ0v) is 10.6. The number of carboxylic acids is 1. The Morgan fingerprint density at radius 2 is 2.15 bits per heavy atom. The number of aromatic nitrogens is 1. The molecule has 0 aliphatic carbocycles. The van der Waals surface area contributed by atoms with Gasteiger partial charge in [-0.15, -0.1) is 0 Å². The zero-order valence-electron chi connectivity index (χ0n) is 9.82. The van der Waals surface area contributed by atoms with Crippen molar-refractivity contribution in [3.8, 4) is 0 Å². The van der Waals surface area contributed by atoms with E-state index in [1.54, 1.807) is 0 Å². The Bertz CT molecular complexity index is 577. The van der Waals surface area contributed by atoms with E-state index in [9.17, 15) is 22.8 Å². The Balaban J connectivity index is 2.31. The smallest absolute Gasteiger partial charge is 0.417 e. The summed E-state index contributed by atoms with van der Waals surface area (Å²) in [6.07, 6.45) is -4.26.